The van der Waals surface area contributed by atoms with Crippen molar-refractivity contribution in [1.82, 2.24) is 0 Å². The molecule has 1 unspecified atom stereocenters. The molecule has 5 aliphatic rings. The number of phenols is 1. The molecule has 4 aliphatic heterocycles. The Labute approximate surface area is 240 Å². The van der Waals surface area contributed by atoms with Crippen molar-refractivity contribution in [2.75, 3.05) is 34.2 Å². The fourth-order valence-electron chi connectivity index (χ4n) is 6.74. The van der Waals surface area contributed by atoms with Gasteiger partial charge in [0.15, 0.2) is 35.6 Å². The maximum atomic E-state index is 13.4. The van der Waals surface area contributed by atoms with E-state index < -0.39 is 66.8 Å². The van der Waals surface area contributed by atoms with E-state index in [2.05, 4.69) is 0 Å². The van der Waals surface area contributed by atoms with Crippen molar-refractivity contribution >= 4 is 5.97 Å². The number of hydrogen-bond acceptors (Lipinski definition) is 13. The molecule has 7 rings (SSSR count). The van der Waals surface area contributed by atoms with Crippen LogP contribution in [0.5, 0.6) is 28.7 Å². The number of carbonyl (C=O) groups excluding carboxylic acids is 1. The van der Waals surface area contributed by atoms with Crippen LogP contribution in [0, 0.1) is 11.8 Å². The second-order valence-electron chi connectivity index (χ2n) is 11.0. The minimum absolute atomic E-state index is 0.0301. The molecule has 0 aromatic heterocycles. The zero-order valence-electron chi connectivity index (χ0n) is 23.1. The number of methoxy groups -OCH3 is 2. The van der Waals surface area contributed by atoms with Gasteiger partial charge in [-0.05, 0) is 47.9 Å². The summed E-state index contributed by atoms with van der Waals surface area (Å²) in [7, 11) is 2.86. The van der Waals surface area contributed by atoms with Crippen molar-refractivity contribution in [2.24, 2.45) is 11.8 Å². The Morgan fingerprint density at radius 2 is 1.57 bits per heavy atom. The summed E-state index contributed by atoms with van der Waals surface area (Å²) in [6.07, 6.45) is -6.80. The van der Waals surface area contributed by atoms with Crippen LogP contribution in [0.1, 0.15) is 35.6 Å². The van der Waals surface area contributed by atoms with Crippen LogP contribution in [0.15, 0.2) is 24.3 Å². The quantitative estimate of drug-likeness (QED) is 0.430. The molecule has 4 heterocycles. The first kappa shape index (κ1) is 27.5. The van der Waals surface area contributed by atoms with Crippen molar-refractivity contribution in [2.45, 2.75) is 55.9 Å². The van der Waals surface area contributed by atoms with Gasteiger partial charge >= 0.3 is 5.97 Å². The Balaban J connectivity index is 1.32. The number of rotatable bonds is 5. The van der Waals surface area contributed by atoms with Crippen LogP contribution < -0.4 is 18.9 Å². The highest BCUT2D eigenvalue weighted by Gasteiger charge is 2.56. The smallest absolute Gasteiger partial charge is 0.310 e. The molecule has 3 N–H and O–H groups in total. The van der Waals surface area contributed by atoms with Gasteiger partial charge in [0, 0.05) is 11.8 Å². The molecule has 13 heteroatoms. The zero-order chi connectivity index (χ0) is 29.3. The number of fused-ring (bicyclic) bond motifs is 4. The molecule has 3 fully saturated rings. The number of carbonyl (C=O) groups is 1. The standard InChI is InChI=1S/C29H32O13/c1-11-36-9-20-27(40-11)24(31)25(32)29(41-20)42-26-14-7-17-16(38-10-39-17)6-13(14)21(22-15(26)8-37-28(22)33)12-4-18(34-2)23(30)19(5-12)35-3/h4-7,11,15,20-22,24-27,29-32H,8-10H2,1-3H3/t11-,15+,20-,21-,22+,24-,25?,26-,27-,29+/m1/s1. The SMILES string of the molecule is COc1cc([C@@H]2c3cc4c(cc3[C@@H](O[C@@H]3O[C@@H]5CO[C@@H](C)O[C@H]5[C@H](O)C3O)[C@H]3COC(=O)[C@H]23)OCO4)cc(OC)c1O. The Bertz CT molecular complexity index is 1350. The lowest BCUT2D eigenvalue weighted by Gasteiger charge is -2.47. The third kappa shape index (κ3) is 4.26. The van der Waals surface area contributed by atoms with E-state index >= 15 is 0 Å². The molecule has 0 bridgehead atoms. The Morgan fingerprint density at radius 3 is 2.26 bits per heavy atom. The van der Waals surface area contributed by atoms with E-state index in [4.69, 9.17) is 42.6 Å². The monoisotopic (exact) mass is 588 g/mol. The number of hydrogen-bond donors (Lipinski definition) is 3. The largest absolute Gasteiger partial charge is 0.502 e. The predicted octanol–water partition coefficient (Wildman–Crippen LogP) is 1.34. The third-order valence-electron chi connectivity index (χ3n) is 8.75. The van der Waals surface area contributed by atoms with E-state index in [1.54, 1.807) is 31.2 Å². The number of esters is 1. The molecule has 13 nitrogen and oxygen atoms in total. The predicted molar refractivity (Wildman–Crippen MR) is 138 cm³/mol. The number of benzene rings is 2. The van der Waals surface area contributed by atoms with Gasteiger partial charge < -0.3 is 58.0 Å². The van der Waals surface area contributed by atoms with Crippen LogP contribution >= 0.6 is 0 Å². The summed E-state index contributed by atoms with van der Waals surface area (Å²) in [5, 5.41) is 32.5. The van der Waals surface area contributed by atoms with Crippen molar-refractivity contribution in [3.63, 3.8) is 0 Å². The topological polar surface area (TPSA) is 161 Å². The zero-order valence-corrected chi connectivity index (χ0v) is 23.1. The van der Waals surface area contributed by atoms with Crippen LogP contribution in [-0.4, -0.2) is 92.5 Å². The van der Waals surface area contributed by atoms with Gasteiger partial charge in [-0.2, -0.15) is 0 Å². The lowest BCUT2D eigenvalue weighted by molar-refractivity contribution is -0.364. The highest BCUT2D eigenvalue weighted by Crippen LogP contribution is 2.57. The van der Waals surface area contributed by atoms with E-state index in [9.17, 15) is 20.1 Å². The van der Waals surface area contributed by atoms with Gasteiger partial charge in [-0.3, -0.25) is 4.79 Å². The Morgan fingerprint density at radius 1 is 0.881 bits per heavy atom. The van der Waals surface area contributed by atoms with Gasteiger partial charge in [-0.15, -0.1) is 0 Å². The van der Waals surface area contributed by atoms with E-state index in [0.717, 1.165) is 0 Å². The van der Waals surface area contributed by atoms with Crippen LogP contribution in [0.3, 0.4) is 0 Å². The third-order valence-corrected chi connectivity index (χ3v) is 8.75. The molecular weight excluding hydrogens is 556 g/mol. The fraction of sp³-hybridized carbons (Fsp3) is 0.552. The minimum Gasteiger partial charge on any atom is -0.502 e. The van der Waals surface area contributed by atoms with Gasteiger partial charge in [0.25, 0.3) is 0 Å². The molecule has 1 aliphatic carbocycles. The highest BCUT2D eigenvalue weighted by atomic mass is 16.8. The van der Waals surface area contributed by atoms with E-state index in [-0.39, 0.29) is 37.3 Å². The van der Waals surface area contributed by atoms with E-state index in [1.165, 1.54) is 14.2 Å². The van der Waals surface area contributed by atoms with E-state index in [0.29, 0.717) is 28.2 Å². The van der Waals surface area contributed by atoms with Gasteiger partial charge in [0.2, 0.25) is 12.5 Å². The van der Waals surface area contributed by atoms with Gasteiger partial charge in [-0.25, -0.2) is 0 Å². The van der Waals surface area contributed by atoms with Crippen molar-refractivity contribution < 1.29 is 62.7 Å². The number of aliphatic hydroxyl groups is 2. The van der Waals surface area contributed by atoms with Crippen molar-refractivity contribution in [3.8, 4) is 28.7 Å². The summed E-state index contributed by atoms with van der Waals surface area (Å²) in [5.41, 5.74) is 2.01. The molecule has 0 saturated carbocycles. The van der Waals surface area contributed by atoms with Crippen LogP contribution in [0.2, 0.25) is 0 Å². The normalized spacial score (nSPS) is 36.5. The number of aliphatic hydroxyl groups excluding tert-OH is 2. The number of phenolic OH excluding ortho intramolecular Hbond substituents is 1. The fourth-order valence-corrected chi connectivity index (χ4v) is 6.74. The van der Waals surface area contributed by atoms with Crippen LogP contribution in [0.25, 0.3) is 0 Å². The second kappa shape index (κ2) is 10.4. The summed E-state index contributed by atoms with van der Waals surface area (Å²) in [4.78, 5) is 13.4. The molecular formula is C29H32O13. The summed E-state index contributed by atoms with van der Waals surface area (Å²) in [5.74, 6) is -1.02. The summed E-state index contributed by atoms with van der Waals surface area (Å²) in [6, 6.07) is 6.93. The Kier molecular flexibility index (Phi) is 6.83. The first-order chi connectivity index (χ1) is 20.3. The summed E-state index contributed by atoms with van der Waals surface area (Å²) in [6.45, 7) is 1.93. The first-order valence-corrected chi connectivity index (χ1v) is 13.8. The first-order valence-electron chi connectivity index (χ1n) is 13.8. The maximum absolute atomic E-state index is 13.4. The van der Waals surface area contributed by atoms with E-state index in [1.807, 2.05) is 0 Å². The van der Waals surface area contributed by atoms with Crippen LogP contribution in [-0.2, 0) is 28.5 Å². The molecule has 0 radical (unpaired) electrons. The lowest BCUT2D eigenvalue weighted by Crippen LogP contribution is -2.63. The molecule has 0 spiro atoms. The average Bonchev–Trinajstić information content (AvgIpc) is 3.61. The number of aromatic hydroxyl groups is 1. The second-order valence-corrected chi connectivity index (χ2v) is 11.0. The molecule has 10 atom stereocenters. The summed E-state index contributed by atoms with van der Waals surface area (Å²) < 4.78 is 51.5. The van der Waals surface area contributed by atoms with Gasteiger partial charge in [0.05, 0.1) is 39.5 Å². The molecule has 42 heavy (non-hydrogen) atoms. The maximum Gasteiger partial charge on any atom is 0.310 e. The molecule has 3 saturated heterocycles. The highest BCUT2D eigenvalue weighted by molar-refractivity contribution is 5.79. The molecule has 2 aromatic rings. The van der Waals surface area contributed by atoms with Crippen molar-refractivity contribution in [3.05, 3.63) is 41.0 Å². The average molecular weight is 589 g/mol. The number of cyclic esters (lactones) is 1. The van der Waals surface area contributed by atoms with Gasteiger partial charge in [0.1, 0.15) is 24.4 Å². The van der Waals surface area contributed by atoms with Crippen LogP contribution in [0.4, 0.5) is 0 Å². The van der Waals surface area contributed by atoms with Gasteiger partial charge in [-0.1, -0.05) is 0 Å². The molecule has 0 amide bonds. The lowest BCUT2D eigenvalue weighted by atomic mass is 9.66. The molecule has 226 valence electrons. The summed E-state index contributed by atoms with van der Waals surface area (Å²) >= 11 is 0. The molecule has 2 aromatic carbocycles. The Hall–Kier alpha value is -3.33. The minimum atomic E-state index is -1.44. The van der Waals surface area contributed by atoms with Crippen molar-refractivity contribution in [1.29, 1.82) is 0 Å². The number of ether oxygens (including phenoxy) is 9.